The molecule has 1 aromatic rings. The molecule has 9 nitrogen and oxygen atoms in total. The highest BCUT2D eigenvalue weighted by Crippen LogP contribution is 2.26. The van der Waals surface area contributed by atoms with Crippen LogP contribution in [0.4, 0.5) is 17.1 Å². The molecule has 21 heavy (non-hydrogen) atoms. The number of benzene rings is 1. The predicted octanol–water partition coefficient (Wildman–Crippen LogP) is 1.36. The Morgan fingerprint density at radius 2 is 1.24 bits per heavy atom. The van der Waals surface area contributed by atoms with Gasteiger partial charge < -0.3 is 14.5 Å². The summed E-state index contributed by atoms with van der Waals surface area (Å²) in [5, 5.41) is 0. The summed E-state index contributed by atoms with van der Waals surface area (Å²) in [4.78, 5) is 46.2. The van der Waals surface area contributed by atoms with Crippen molar-refractivity contribution in [2.45, 2.75) is 20.8 Å². The zero-order chi connectivity index (χ0) is 15.8. The summed E-state index contributed by atoms with van der Waals surface area (Å²) < 4.78 is 0. The third kappa shape index (κ3) is 6.14. The van der Waals surface area contributed by atoms with Crippen molar-refractivity contribution in [1.29, 1.82) is 0 Å². The van der Waals surface area contributed by atoms with Crippen LogP contribution in [0.25, 0.3) is 0 Å². The van der Waals surface area contributed by atoms with E-state index in [-0.39, 0.29) is 5.69 Å². The van der Waals surface area contributed by atoms with Gasteiger partial charge in [-0.25, -0.2) is 16.4 Å². The first kappa shape index (κ1) is 16.1. The van der Waals surface area contributed by atoms with Gasteiger partial charge >= 0.3 is 17.9 Å². The van der Waals surface area contributed by atoms with Crippen molar-refractivity contribution in [3.05, 3.63) is 18.2 Å². The van der Waals surface area contributed by atoms with E-state index < -0.39 is 17.9 Å². The maximum Gasteiger partial charge on any atom is 0.329 e. The molecular weight excluding hydrogens is 282 g/mol. The normalized spacial score (nSPS) is 9.29. The smallest absolute Gasteiger partial charge is 0.329 e. The van der Waals surface area contributed by atoms with E-state index in [1.54, 1.807) is 6.07 Å². The van der Waals surface area contributed by atoms with Gasteiger partial charge in [-0.15, -0.1) is 0 Å². The Bertz CT molecular complexity index is 546. The summed E-state index contributed by atoms with van der Waals surface area (Å²) in [5.74, 6) is -1.63. The molecule has 0 amide bonds. The van der Waals surface area contributed by atoms with Crippen molar-refractivity contribution in [3.8, 4) is 0 Å². The molecule has 1 aromatic carbocycles. The minimum Gasteiger partial charge on any atom is -0.344 e. The molecule has 0 radical (unpaired) electrons. The number of carbonyl (C=O) groups is 3. The second-order valence-corrected chi connectivity index (χ2v) is 3.85. The topological polar surface area (TPSA) is 115 Å². The molecule has 0 saturated carbocycles. The third-order valence-electron chi connectivity index (χ3n) is 1.94. The molecule has 1 rings (SSSR count). The summed E-state index contributed by atoms with van der Waals surface area (Å²) >= 11 is 0. The number of carbonyl (C=O) groups excluding carboxylic acids is 3. The van der Waals surface area contributed by atoms with Crippen molar-refractivity contribution < 1.29 is 28.9 Å². The van der Waals surface area contributed by atoms with Crippen molar-refractivity contribution in [2.75, 3.05) is 16.4 Å². The van der Waals surface area contributed by atoms with Crippen molar-refractivity contribution in [3.63, 3.8) is 0 Å². The van der Waals surface area contributed by atoms with Crippen LogP contribution in [0.5, 0.6) is 0 Å². The van der Waals surface area contributed by atoms with Crippen LogP contribution in [0, 0.1) is 0 Å². The average Bonchev–Trinajstić information content (AvgIpc) is 2.41. The van der Waals surface area contributed by atoms with Gasteiger partial charge in [0.15, 0.2) is 0 Å². The average molecular weight is 297 g/mol. The maximum atomic E-state index is 10.8. The van der Waals surface area contributed by atoms with Crippen LogP contribution in [0.3, 0.4) is 0 Å². The fraction of sp³-hybridized carbons (Fsp3) is 0.250. The Hall–Kier alpha value is -2.97. The molecule has 0 unspecified atom stereocenters. The highest BCUT2D eigenvalue weighted by Gasteiger charge is 2.08. The van der Waals surface area contributed by atoms with Crippen LogP contribution in [-0.2, 0) is 28.9 Å². The van der Waals surface area contributed by atoms with Gasteiger partial charge in [0.05, 0.1) is 11.4 Å². The molecule has 3 N–H and O–H groups in total. The van der Waals surface area contributed by atoms with E-state index in [0.29, 0.717) is 11.4 Å². The Morgan fingerprint density at radius 1 is 0.762 bits per heavy atom. The zero-order valence-electron chi connectivity index (χ0n) is 11.7. The van der Waals surface area contributed by atoms with E-state index in [2.05, 4.69) is 31.0 Å². The van der Waals surface area contributed by atoms with E-state index >= 15 is 0 Å². The number of anilines is 3. The largest absolute Gasteiger partial charge is 0.344 e. The second-order valence-electron chi connectivity index (χ2n) is 3.85. The number of hydrogen-bond donors (Lipinski definition) is 3. The minimum absolute atomic E-state index is 0.281. The quantitative estimate of drug-likeness (QED) is 0.528. The highest BCUT2D eigenvalue weighted by atomic mass is 16.7. The number of nitrogens with one attached hydrogen (secondary N) is 3. The van der Waals surface area contributed by atoms with Crippen LogP contribution < -0.4 is 16.4 Å². The first-order valence-electron chi connectivity index (χ1n) is 5.83. The van der Waals surface area contributed by atoms with Gasteiger partial charge in [-0.2, -0.15) is 0 Å². The lowest BCUT2D eigenvalue weighted by Gasteiger charge is -2.14. The lowest BCUT2D eigenvalue weighted by Crippen LogP contribution is -2.12. The fourth-order valence-corrected chi connectivity index (χ4v) is 1.17. The molecule has 0 bridgehead atoms. The molecule has 0 fully saturated rings. The van der Waals surface area contributed by atoms with Crippen LogP contribution in [0.1, 0.15) is 20.8 Å². The Morgan fingerprint density at radius 3 is 1.76 bits per heavy atom. The second kappa shape index (κ2) is 7.58. The van der Waals surface area contributed by atoms with Crippen molar-refractivity contribution in [2.24, 2.45) is 0 Å². The van der Waals surface area contributed by atoms with Crippen LogP contribution in [-0.4, -0.2) is 17.9 Å². The molecule has 0 aliphatic heterocycles. The van der Waals surface area contributed by atoms with Crippen LogP contribution >= 0.6 is 0 Å². The summed E-state index contributed by atoms with van der Waals surface area (Å²) in [7, 11) is 0. The van der Waals surface area contributed by atoms with Gasteiger partial charge in [0, 0.05) is 20.8 Å². The fourth-order valence-electron chi connectivity index (χ4n) is 1.17. The van der Waals surface area contributed by atoms with Gasteiger partial charge in [0.2, 0.25) is 0 Å². The van der Waals surface area contributed by atoms with E-state index in [0.717, 1.165) is 0 Å². The summed E-state index contributed by atoms with van der Waals surface area (Å²) in [6.07, 6.45) is 0. The number of hydrogen-bond acceptors (Lipinski definition) is 9. The molecule has 0 spiro atoms. The lowest BCUT2D eigenvalue weighted by molar-refractivity contribution is -0.139. The van der Waals surface area contributed by atoms with E-state index in [1.165, 1.54) is 32.9 Å². The first-order chi connectivity index (χ1) is 9.88. The maximum absolute atomic E-state index is 10.8. The van der Waals surface area contributed by atoms with Gasteiger partial charge in [0.1, 0.15) is 5.69 Å². The summed E-state index contributed by atoms with van der Waals surface area (Å²) in [6.45, 7) is 3.68. The van der Waals surface area contributed by atoms with Crippen LogP contribution in [0.15, 0.2) is 18.2 Å². The number of rotatable bonds is 6. The lowest BCUT2D eigenvalue weighted by atomic mass is 10.2. The van der Waals surface area contributed by atoms with E-state index in [1.807, 2.05) is 0 Å². The van der Waals surface area contributed by atoms with Crippen LogP contribution in [0.2, 0.25) is 0 Å². The van der Waals surface area contributed by atoms with E-state index in [4.69, 9.17) is 0 Å². The van der Waals surface area contributed by atoms with Crippen molar-refractivity contribution in [1.82, 2.24) is 0 Å². The molecule has 0 heterocycles. The van der Waals surface area contributed by atoms with Gasteiger partial charge in [-0.1, -0.05) is 0 Å². The summed E-state index contributed by atoms with van der Waals surface area (Å²) in [6, 6.07) is 4.53. The molecule has 9 heteroatoms. The molecule has 0 aliphatic carbocycles. The zero-order valence-corrected chi connectivity index (χ0v) is 11.7. The van der Waals surface area contributed by atoms with Gasteiger partial charge in [-0.05, 0) is 18.2 Å². The summed E-state index contributed by atoms with van der Waals surface area (Å²) in [5.41, 5.74) is 8.19. The minimum atomic E-state index is -0.563. The van der Waals surface area contributed by atoms with Gasteiger partial charge in [-0.3, -0.25) is 14.4 Å². The molecule has 0 aromatic heterocycles. The van der Waals surface area contributed by atoms with E-state index in [9.17, 15) is 14.4 Å². The standard InChI is InChI=1S/C12H15N3O6/c1-7(16)19-13-10-4-5-11(14-20-8(2)17)12(6-10)15-21-9(3)18/h4-6,13-15H,1-3H3. The Labute approximate surface area is 120 Å². The first-order valence-corrected chi connectivity index (χ1v) is 5.83. The molecular formula is C12H15N3O6. The Balaban J connectivity index is 2.86. The predicted molar refractivity (Wildman–Crippen MR) is 72.6 cm³/mol. The molecule has 0 saturated heterocycles. The SMILES string of the molecule is CC(=O)ONc1ccc(NOC(C)=O)c(NOC(C)=O)c1. The third-order valence-corrected chi connectivity index (χ3v) is 1.94. The molecule has 0 aliphatic rings. The van der Waals surface area contributed by atoms with Gasteiger partial charge in [0.25, 0.3) is 0 Å². The van der Waals surface area contributed by atoms with Crippen molar-refractivity contribution >= 4 is 35.0 Å². The highest BCUT2D eigenvalue weighted by molar-refractivity contribution is 5.76. The molecule has 0 atom stereocenters. The molecule has 114 valence electrons. The Kier molecular flexibility index (Phi) is 5.80. The monoisotopic (exact) mass is 297 g/mol.